The van der Waals surface area contributed by atoms with Crippen molar-refractivity contribution in [1.82, 2.24) is 4.57 Å². The third-order valence-electron chi connectivity index (χ3n) is 3.48. The van der Waals surface area contributed by atoms with E-state index in [2.05, 4.69) is 24.5 Å². The van der Waals surface area contributed by atoms with Gasteiger partial charge < -0.3 is 15.2 Å². The zero-order valence-corrected chi connectivity index (χ0v) is 10.9. The van der Waals surface area contributed by atoms with Crippen molar-refractivity contribution in [2.75, 3.05) is 23.7 Å². The van der Waals surface area contributed by atoms with E-state index in [9.17, 15) is 0 Å². The second kappa shape index (κ2) is 5.18. The zero-order valence-electron chi connectivity index (χ0n) is 10.9. The lowest BCUT2D eigenvalue weighted by Gasteiger charge is -2.33. The molecule has 4 heteroatoms. The van der Waals surface area contributed by atoms with E-state index in [4.69, 9.17) is 11.0 Å². The molecule has 0 amide bonds. The minimum absolute atomic E-state index is 0.612. The van der Waals surface area contributed by atoms with Gasteiger partial charge in [0.1, 0.15) is 17.6 Å². The predicted molar refractivity (Wildman–Crippen MR) is 74.4 cm³/mol. The Labute approximate surface area is 108 Å². The van der Waals surface area contributed by atoms with Crippen LogP contribution in [0.3, 0.4) is 0 Å². The fourth-order valence-electron chi connectivity index (χ4n) is 2.70. The van der Waals surface area contributed by atoms with Gasteiger partial charge in [0.2, 0.25) is 0 Å². The van der Waals surface area contributed by atoms with Gasteiger partial charge in [-0.2, -0.15) is 5.26 Å². The second-order valence-corrected chi connectivity index (χ2v) is 5.01. The number of hydrogen-bond donors (Lipinski definition) is 1. The number of nitrogens with zero attached hydrogens (tertiary/aromatic N) is 3. The van der Waals surface area contributed by atoms with Gasteiger partial charge in [0, 0.05) is 19.6 Å². The molecule has 0 aliphatic carbocycles. The summed E-state index contributed by atoms with van der Waals surface area (Å²) in [5, 5.41) is 9.15. The van der Waals surface area contributed by atoms with Crippen LogP contribution in [0.5, 0.6) is 0 Å². The van der Waals surface area contributed by atoms with Crippen LogP contribution in [-0.2, 0) is 6.54 Å². The number of piperidine rings is 1. The number of nitrogens with two attached hydrogens (primary N) is 1. The maximum atomic E-state index is 9.15. The Hall–Kier alpha value is -1.89. The molecule has 1 atom stereocenters. The van der Waals surface area contributed by atoms with Crippen LogP contribution >= 0.6 is 0 Å². The largest absolute Gasteiger partial charge is 0.396 e. The Morgan fingerprint density at radius 2 is 2.44 bits per heavy atom. The first-order chi connectivity index (χ1) is 8.67. The van der Waals surface area contributed by atoms with Crippen molar-refractivity contribution in [2.24, 2.45) is 5.92 Å². The fraction of sp³-hybridized carbons (Fsp3) is 0.500. The summed E-state index contributed by atoms with van der Waals surface area (Å²) >= 11 is 0. The van der Waals surface area contributed by atoms with Crippen LogP contribution in [0.1, 0.15) is 25.5 Å². The minimum Gasteiger partial charge on any atom is -0.396 e. The first kappa shape index (κ1) is 12.6. The van der Waals surface area contributed by atoms with E-state index in [-0.39, 0.29) is 0 Å². The molecule has 0 spiro atoms. The van der Waals surface area contributed by atoms with Crippen molar-refractivity contribution in [3.63, 3.8) is 0 Å². The average Bonchev–Trinajstić information content (AvgIpc) is 2.66. The van der Waals surface area contributed by atoms with E-state index in [1.165, 1.54) is 12.8 Å². The quantitative estimate of drug-likeness (QED) is 0.830. The molecule has 0 aromatic carbocycles. The summed E-state index contributed by atoms with van der Waals surface area (Å²) in [5.41, 5.74) is 7.38. The highest BCUT2D eigenvalue weighted by atomic mass is 15.3. The van der Waals surface area contributed by atoms with Crippen LogP contribution in [0.4, 0.5) is 11.5 Å². The first-order valence-corrected chi connectivity index (χ1v) is 6.42. The highest BCUT2D eigenvalue weighted by molar-refractivity contribution is 5.68. The highest BCUT2D eigenvalue weighted by Crippen LogP contribution is 2.31. The van der Waals surface area contributed by atoms with E-state index in [0.717, 1.165) is 18.9 Å². The number of nitrogen functional groups attached to an aromatic ring is 1. The monoisotopic (exact) mass is 244 g/mol. The van der Waals surface area contributed by atoms with Gasteiger partial charge in [-0.1, -0.05) is 13.0 Å². The number of aromatic nitrogens is 1. The number of nitriles is 1. The number of rotatable bonds is 3. The Balaban J connectivity index is 2.39. The summed E-state index contributed by atoms with van der Waals surface area (Å²) < 4.78 is 1.96. The van der Waals surface area contributed by atoms with E-state index >= 15 is 0 Å². The van der Waals surface area contributed by atoms with E-state index in [1.807, 2.05) is 4.57 Å². The molecule has 0 saturated carbocycles. The molecule has 1 aromatic rings. The molecule has 0 unspecified atom stereocenters. The molecule has 4 nitrogen and oxygen atoms in total. The molecule has 0 bridgehead atoms. The molecule has 2 N–H and O–H groups in total. The summed E-state index contributed by atoms with van der Waals surface area (Å²) in [6, 6.07) is 3.96. The van der Waals surface area contributed by atoms with Crippen LogP contribution in [0, 0.1) is 17.2 Å². The van der Waals surface area contributed by atoms with Crippen LogP contribution in [0.15, 0.2) is 18.7 Å². The van der Waals surface area contributed by atoms with Crippen molar-refractivity contribution < 1.29 is 0 Å². The van der Waals surface area contributed by atoms with Gasteiger partial charge in [-0.25, -0.2) is 0 Å². The number of anilines is 2. The molecule has 1 saturated heterocycles. The van der Waals surface area contributed by atoms with Crippen LogP contribution in [-0.4, -0.2) is 17.7 Å². The van der Waals surface area contributed by atoms with E-state index < -0.39 is 0 Å². The predicted octanol–water partition coefficient (Wildman–Crippen LogP) is 2.36. The second-order valence-electron chi connectivity index (χ2n) is 5.01. The topological polar surface area (TPSA) is 58.0 Å². The van der Waals surface area contributed by atoms with Gasteiger partial charge in [-0.3, -0.25) is 0 Å². The Kier molecular flexibility index (Phi) is 3.61. The van der Waals surface area contributed by atoms with Crippen molar-refractivity contribution in [1.29, 1.82) is 5.26 Å². The van der Waals surface area contributed by atoms with Crippen molar-refractivity contribution >= 4 is 11.5 Å². The Morgan fingerprint density at radius 1 is 1.67 bits per heavy atom. The molecule has 1 aromatic heterocycles. The summed E-state index contributed by atoms with van der Waals surface area (Å²) in [6.45, 7) is 8.66. The standard InChI is InChI=1S/C14H20N4/c1-3-6-18-12(9-15)8-13(16)14(18)17-7-4-5-11(2)10-17/h3,8,11H,1,4-7,10,16H2,2H3/t11-/m0/s1. The summed E-state index contributed by atoms with van der Waals surface area (Å²) in [5.74, 6) is 1.66. The zero-order chi connectivity index (χ0) is 13.1. The van der Waals surface area contributed by atoms with Gasteiger partial charge in [-0.05, 0) is 24.8 Å². The molecule has 1 fully saturated rings. The molecule has 2 heterocycles. The molecule has 96 valence electrons. The average molecular weight is 244 g/mol. The third kappa shape index (κ3) is 2.21. The normalized spacial score (nSPS) is 19.6. The molecule has 1 aliphatic heterocycles. The van der Waals surface area contributed by atoms with E-state index in [0.29, 0.717) is 23.8 Å². The van der Waals surface area contributed by atoms with E-state index in [1.54, 1.807) is 12.1 Å². The van der Waals surface area contributed by atoms with Crippen molar-refractivity contribution in [3.05, 3.63) is 24.4 Å². The van der Waals surface area contributed by atoms with Gasteiger partial charge in [-0.15, -0.1) is 6.58 Å². The lowest BCUT2D eigenvalue weighted by Crippen LogP contribution is -2.36. The molecule has 1 aliphatic rings. The molecular weight excluding hydrogens is 224 g/mol. The Bertz CT molecular complexity index is 481. The molecule has 18 heavy (non-hydrogen) atoms. The lowest BCUT2D eigenvalue weighted by atomic mass is 10.0. The summed E-state index contributed by atoms with van der Waals surface area (Å²) in [4.78, 5) is 2.30. The molecule has 2 rings (SSSR count). The third-order valence-corrected chi connectivity index (χ3v) is 3.48. The van der Waals surface area contributed by atoms with Crippen molar-refractivity contribution in [3.8, 4) is 6.07 Å². The maximum Gasteiger partial charge on any atom is 0.133 e. The summed E-state index contributed by atoms with van der Waals surface area (Å²) in [7, 11) is 0. The van der Waals surface area contributed by atoms with Gasteiger partial charge >= 0.3 is 0 Å². The fourth-order valence-corrected chi connectivity index (χ4v) is 2.70. The smallest absolute Gasteiger partial charge is 0.133 e. The van der Waals surface area contributed by atoms with Gasteiger partial charge in [0.05, 0.1) is 5.69 Å². The number of allylic oxidation sites excluding steroid dienone is 1. The van der Waals surface area contributed by atoms with Crippen molar-refractivity contribution in [2.45, 2.75) is 26.3 Å². The van der Waals surface area contributed by atoms with Gasteiger partial charge in [0.25, 0.3) is 0 Å². The summed E-state index contributed by atoms with van der Waals surface area (Å²) in [6.07, 6.45) is 4.25. The van der Waals surface area contributed by atoms with Crippen LogP contribution in [0.2, 0.25) is 0 Å². The first-order valence-electron chi connectivity index (χ1n) is 6.42. The lowest BCUT2D eigenvalue weighted by molar-refractivity contribution is 0.441. The molecule has 0 radical (unpaired) electrons. The highest BCUT2D eigenvalue weighted by Gasteiger charge is 2.23. The SMILES string of the molecule is C=CCn1c(C#N)cc(N)c1N1CCC[C@H](C)C1. The maximum absolute atomic E-state index is 9.15. The van der Waals surface area contributed by atoms with Crippen LogP contribution in [0.25, 0.3) is 0 Å². The minimum atomic E-state index is 0.612. The Morgan fingerprint density at radius 3 is 3.06 bits per heavy atom. The number of hydrogen-bond acceptors (Lipinski definition) is 3. The van der Waals surface area contributed by atoms with Crippen LogP contribution < -0.4 is 10.6 Å². The molecular formula is C14H20N4. The van der Waals surface area contributed by atoms with Gasteiger partial charge in [0.15, 0.2) is 0 Å².